The van der Waals surface area contributed by atoms with Crippen LogP contribution in [0.5, 0.6) is 0 Å². The molecule has 0 fully saturated rings. The van der Waals surface area contributed by atoms with Crippen LogP contribution in [-0.4, -0.2) is 17.0 Å². The van der Waals surface area contributed by atoms with Crippen LogP contribution in [0.3, 0.4) is 0 Å². The Balaban J connectivity index is 2.35. The van der Waals surface area contributed by atoms with Gasteiger partial charge in [-0.05, 0) is 18.2 Å². The third-order valence-corrected chi connectivity index (χ3v) is 2.79. The van der Waals surface area contributed by atoms with E-state index >= 15 is 0 Å². The summed E-state index contributed by atoms with van der Waals surface area (Å²) in [5, 5.41) is 11.3. The standard InChI is InChI=1S/C14H12FNO4/c1-2-11-8(6-7-20-11)13(17)16-12-9(14(18)19)4-3-5-10(12)15/h3-7H,2H2,1H3,(H,16,17)(H,18,19). The number of halogens is 1. The predicted molar refractivity (Wildman–Crippen MR) is 69.4 cm³/mol. The highest BCUT2D eigenvalue weighted by Gasteiger charge is 2.19. The van der Waals surface area contributed by atoms with Crippen LogP contribution in [-0.2, 0) is 6.42 Å². The van der Waals surface area contributed by atoms with Gasteiger partial charge in [0, 0.05) is 6.42 Å². The van der Waals surface area contributed by atoms with Gasteiger partial charge in [-0.15, -0.1) is 0 Å². The highest BCUT2D eigenvalue weighted by Crippen LogP contribution is 2.22. The maximum Gasteiger partial charge on any atom is 0.337 e. The van der Waals surface area contributed by atoms with E-state index in [4.69, 9.17) is 9.52 Å². The predicted octanol–water partition coefficient (Wildman–Crippen LogP) is 2.93. The fourth-order valence-electron chi connectivity index (χ4n) is 1.83. The Bertz CT molecular complexity index is 663. The lowest BCUT2D eigenvalue weighted by molar-refractivity contribution is 0.0697. The summed E-state index contributed by atoms with van der Waals surface area (Å²) in [6.45, 7) is 1.81. The Kier molecular flexibility index (Phi) is 3.84. The monoisotopic (exact) mass is 277 g/mol. The van der Waals surface area contributed by atoms with Crippen LogP contribution in [0.15, 0.2) is 34.9 Å². The number of carbonyl (C=O) groups excluding carboxylic acids is 1. The highest BCUT2D eigenvalue weighted by atomic mass is 19.1. The van der Waals surface area contributed by atoms with E-state index in [1.165, 1.54) is 24.5 Å². The van der Waals surface area contributed by atoms with Crippen molar-refractivity contribution in [3.8, 4) is 0 Å². The summed E-state index contributed by atoms with van der Waals surface area (Å²) in [7, 11) is 0. The maximum atomic E-state index is 13.7. The molecule has 0 saturated carbocycles. The number of aromatic carboxylic acids is 1. The Hall–Kier alpha value is -2.63. The fraction of sp³-hybridized carbons (Fsp3) is 0.143. The second-order valence-corrected chi connectivity index (χ2v) is 4.03. The average Bonchev–Trinajstić information content (AvgIpc) is 2.89. The molecule has 0 aliphatic rings. The molecule has 104 valence electrons. The van der Waals surface area contributed by atoms with Gasteiger partial charge in [0.15, 0.2) is 0 Å². The molecule has 1 aromatic heterocycles. The zero-order valence-corrected chi connectivity index (χ0v) is 10.6. The first-order chi connectivity index (χ1) is 9.54. The molecule has 20 heavy (non-hydrogen) atoms. The molecule has 0 spiro atoms. The van der Waals surface area contributed by atoms with Crippen molar-refractivity contribution in [1.82, 2.24) is 0 Å². The molecule has 2 aromatic rings. The number of nitrogens with one attached hydrogen (secondary N) is 1. The fourth-order valence-corrected chi connectivity index (χ4v) is 1.83. The van der Waals surface area contributed by atoms with Gasteiger partial charge in [-0.25, -0.2) is 9.18 Å². The van der Waals surface area contributed by atoms with Crippen LogP contribution in [0.4, 0.5) is 10.1 Å². The zero-order valence-electron chi connectivity index (χ0n) is 10.6. The Labute approximate surface area is 114 Å². The average molecular weight is 277 g/mol. The summed E-state index contributed by atoms with van der Waals surface area (Å²) >= 11 is 0. The van der Waals surface area contributed by atoms with Crippen LogP contribution in [0, 0.1) is 5.82 Å². The highest BCUT2D eigenvalue weighted by molar-refractivity contribution is 6.08. The summed E-state index contributed by atoms with van der Waals surface area (Å²) in [5.74, 6) is -2.28. The van der Waals surface area contributed by atoms with Crippen LogP contribution in [0.2, 0.25) is 0 Å². The summed E-state index contributed by atoms with van der Waals surface area (Å²) in [6.07, 6.45) is 1.85. The van der Waals surface area contributed by atoms with E-state index in [0.29, 0.717) is 12.2 Å². The molecule has 1 amide bonds. The quantitative estimate of drug-likeness (QED) is 0.900. The van der Waals surface area contributed by atoms with Gasteiger partial charge in [0.05, 0.1) is 23.1 Å². The van der Waals surface area contributed by atoms with Crippen molar-refractivity contribution < 1.29 is 23.5 Å². The van der Waals surface area contributed by atoms with Gasteiger partial charge >= 0.3 is 5.97 Å². The summed E-state index contributed by atoms with van der Waals surface area (Å²) in [6, 6.07) is 5.02. The molecular formula is C14H12FNO4. The van der Waals surface area contributed by atoms with Crippen molar-refractivity contribution in [2.45, 2.75) is 13.3 Å². The number of para-hydroxylation sites is 1. The van der Waals surface area contributed by atoms with Gasteiger partial charge in [0.1, 0.15) is 11.6 Å². The second kappa shape index (κ2) is 5.56. The van der Waals surface area contributed by atoms with Crippen molar-refractivity contribution in [1.29, 1.82) is 0 Å². The van der Waals surface area contributed by atoms with Gasteiger partial charge in [0.25, 0.3) is 5.91 Å². The van der Waals surface area contributed by atoms with Crippen molar-refractivity contribution in [3.63, 3.8) is 0 Å². The molecular weight excluding hydrogens is 265 g/mol. The van der Waals surface area contributed by atoms with Crippen molar-refractivity contribution in [2.24, 2.45) is 0 Å². The third-order valence-electron chi connectivity index (χ3n) is 2.79. The molecule has 0 aliphatic carbocycles. The normalized spacial score (nSPS) is 10.3. The molecule has 2 N–H and O–H groups in total. The number of benzene rings is 1. The van der Waals surface area contributed by atoms with Crippen molar-refractivity contribution >= 4 is 17.6 Å². The van der Waals surface area contributed by atoms with Crippen LogP contribution in [0.25, 0.3) is 0 Å². The minimum atomic E-state index is -1.32. The van der Waals surface area contributed by atoms with Crippen molar-refractivity contribution in [2.75, 3.05) is 5.32 Å². The number of amides is 1. The van der Waals surface area contributed by atoms with Crippen LogP contribution < -0.4 is 5.32 Å². The minimum absolute atomic E-state index is 0.257. The first kappa shape index (κ1) is 13.8. The Morgan fingerprint density at radius 2 is 2.05 bits per heavy atom. The molecule has 0 saturated heterocycles. The smallest absolute Gasteiger partial charge is 0.337 e. The summed E-state index contributed by atoms with van der Waals surface area (Å²) in [4.78, 5) is 23.1. The minimum Gasteiger partial charge on any atom is -0.478 e. The van der Waals surface area contributed by atoms with Crippen molar-refractivity contribution in [3.05, 3.63) is 53.2 Å². The molecule has 0 atom stereocenters. The van der Waals surface area contributed by atoms with E-state index < -0.39 is 17.7 Å². The van der Waals surface area contributed by atoms with E-state index in [9.17, 15) is 14.0 Å². The molecule has 0 radical (unpaired) electrons. The Morgan fingerprint density at radius 1 is 1.30 bits per heavy atom. The Morgan fingerprint density at radius 3 is 2.70 bits per heavy atom. The van der Waals surface area contributed by atoms with Crippen LogP contribution >= 0.6 is 0 Å². The SMILES string of the molecule is CCc1occc1C(=O)Nc1c(F)cccc1C(=O)O. The molecule has 0 bridgehead atoms. The number of carboxylic acid groups (broad SMARTS) is 1. The lowest BCUT2D eigenvalue weighted by Crippen LogP contribution is -2.16. The molecule has 0 aliphatic heterocycles. The number of rotatable bonds is 4. The number of anilines is 1. The first-order valence-electron chi connectivity index (χ1n) is 5.94. The number of carbonyl (C=O) groups is 2. The first-order valence-corrected chi connectivity index (χ1v) is 5.94. The van der Waals surface area contributed by atoms with E-state index in [1.54, 1.807) is 6.92 Å². The van der Waals surface area contributed by atoms with E-state index in [1.807, 2.05) is 0 Å². The molecule has 5 nitrogen and oxygen atoms in total. The van der Waals surface area contributed by atoms with E-state index in [2.05, 4.69) is 5.32 Å². The van der Waals surface area contributed by atoms with E-state index in [-0.39, 0.29) is 16.8 Å². The van der Waals surface area contributed by atoms with E-state index in [0.717, 1.165) is 6.07 Å². The largest absolute Gasteiger partial charge is 0.478 e. The van der Waals surface area contributed by atoms with Gasteiger partial charge in [-0.3, -0.25) is 4.79 Å². The summed E-state index contributed by atoms with van der Waals surface area (Å²) in [5.41, 5.74) is -0.403. The number of carboxylic acids is 1. The molecule has 6 heteroatoms. The summed E-state index contributed by atoms with van der Waals surface area (Å²) < 4.78 is 18.8. The van der Waals surface area contributed by atoms with Gasteiger partial charge in [-0.2, -0.15) is 0 Å². The lowest BCUT2D eigenvalue weighted by atomic mass is 10.1. The van der Waals surface area contributed by atoms with Gasteiger partial charge in [-0.1, -0.05) is 13.0 Å². The third kappa shape index (κ3) is 2.54. The topological polar surface area (TPSA) is 79.5 Å². The number of aryl methyl sites for hydroxylation is 1. The number of hydrogen-bond donors (Lipinski definition) is 2. The molecule has 2 rings (SSSR count). The molecule has 1 aromatic carbocycles. The van der Waals surface area contributed by atoms with Crippen LogP contribution in [0.1, 0.15) is 33.4 Å². The molecule has 0 unspecified atom stereocenters. The van der Waals surface area contributed by atoms with Gasteiger partial charge < -0.3 is 14.8 Å². The number of furan rings is 1. The second-order valence-electron chi connectivity index (χ2n) is 4.03. The van der Waals surface area contributed by atoms with Gasteiger partial charge in [0.2, 0.25) is 0 Å². The zero-order chi connectivity index (χ0) is 14.7. The lowest BCUT2D eigenvalue weighted by Gasteiger charge is -2.09. The molecule has 1 heterocycles. The number of hydrogen-bond acceptors (Lipinski definition) is 3. The maximum absolute atomic E-state index is 13.7.